The molecule has 4 rings (SSSR count). The number of ether oxygens (including phenoxy) is 1. The standard InChI is InChI=1S/C18H12N2O2S/c21-18(14-6-5-12-3-1-2-4-13(12)9-14)22-16-8-7-15-11-19-20-23-17(15)10-16/h1-11,20H. The smallest absolute Gasteiger partial charge is 0.343 e. The average Bonchev–Trinajstić information content (AvgIpc) is 2.61. The molecule has 23 heavy (non-hydrogen) atoms. The Morgan fingerprint density at radius 3 is 2.78 bits per heavy atom. The molecular formula is C18H12N2O2S. The van der Waals surface area contributed by atoms with Gasteiger partial charge in [-0.2, -0.15) is 5.10 Å². The maximum Gasteiger partial charge on any atom is 0.343 e. The van der Waals surface area contributed by atoms with Crippen LogP contribution in [0.2, 0.25) is 0 Å². The molecule has 4 nitrogen and oxygen atoms in total. The molecular weight excluding hydrogens is 308 g/mol. The van der Waals surface area contributed by atoms with Crippen molar-refractivity contribution >= 4 is 34.9 Å². The van der Waals surface area contributed by atoms with Gasteiger partial charge in [-0.1, -0.05) is 30.3 Å². The Hall–Kier alpha value is -2.79. The molecule has 3 aromatic rings. The molecule has 0 bridgehead atoms. The second kappa shape index (κ2) is 5.78. The van der Waals surface area contributed by atoms with Crippen LogP contribution in [0.25, 0.3) is 10.8 Å². The number of hydrogen-bond donors (Lipinski definition) is 1. The molecule has 0 radical (unpaired) electrons. The van der Waals surface area contributed by atoms with Crippen LogP contribution in [-0.2, 0) is 0 Å². The SMILES string of the molecule is O=C(Oc1ccc2c(c1)SNN=C2)c1ccc2ccccc2c1. The van der Waals surface area contributed by atoms with Crippen molar-refractivity contribution in [1.29, 1.82) is 0 Å². The highest BCUT2D eigenvalue weighted by atomic mass is 32.2. The minimum Gasteiger partial charge on any atom is -0.423 e. The molecule has 0 spiro atoms. The number of carbonyl (C=O) groups is 1. The maximum absolute atomic E-state index is 12.4. The summed E-state index contributed by atoms with van der Waals surface area (Å²) >= 11 is 1.39. The monoisotopic (exact) mass is 320 g/mol. The summed E-state index contributed by atoms with van der Waals surface area (Å²) in [7, 11) is 0. The van der Waals surface area contributed by atoms with Crippen LogP contribution in [0.1, 0.15) is 15.9 Å². The van der Waals surface area contributed by atoms with Gasteiger partial charge in [0.05, 0.1) is 11.8 Å². The van der Waals surface area contributed by atoms with Gasteiger partial charge in [-0.25, -0.2) is 9.63 Å². The average molecular weight is 320 g/mol. The van der Waals surface area contributed by atoms with Gasteiger partial charge in [-0.05, 0) is 41.1 Å². The summed E-state index contributed by atoms with van der Waals surface area (Å²) in [6.45, 7) is 0. The van der Waals surface area contributed by atoms with E-state index in [4.69, 9.17) is 4.74 Å². The normalized spacial score (nSPS) is 12.5. The summed E-state index contributed by atoms with van der Waals surface area (Å²) in [5, 5.41) is 6.08. The van der Waals surface area contributed by atoms with Gasteiger partial charge < -0.3 is 4.74 Å². The van der Waals surface area contributed by atoms with E-state index in [-0.39, 0.29) is 5.97 Å². The number of hydrazone groups is 1. The molecule has 112 valence electrons. The van der Waals surface area contributed by atoms with Crippen LogP contribution in [0.4, 0.5) is 0 Å². The van der Waals surface area contributed by atoms with E-state index in [2.05, 4.69) is 9.93 Å². The first-order chi connectivity index (χ1) is 11.3. The minimum absolute atomic E-state index is 0.363. The van der Waals surface area contributed by atoms with E-state index in [0.717, 1.165) is 21.2 Å². The largest absolute Gasteiger partial charge is 0.423 e. The topological polar surface area (TPSA) is 50.7 Å². The molecule has 0 amide bonds. The molecule has 1 N–H and O–H groups in total. The van der Waals surface area contributed by atoms with Crippen molar-refractivity contribution in [3.63, 3.8) is 0 Å². The second-order valence-corrected chi connectivity index (χ2v) is 5.93. The molecule has 1 aliphatic rings. The molecule has 0 saturated heterocycles. The van der Waals surface area contributed by atoms with Gasteiger partial charge >= 0.3 is 5.97 Å². The highest BCUT2D eigenvalue weighted by Gasteiger charge is 2.12. The highest BCUT2D eigenvalue weighted by molar-refractivity contribution is 7.97. The quantitative estimate of drug-likeness (QED) is 0.440. The molecule has 0 unspecified atom stereocenters. The van der Waals surface area contributed by atoms with Gasteiger partial charge in [0.15, 0.2) is 0 Å². The van der Waals surface area contributed by atoms with Gasteiger partial charge in [0.25, 0.3) is 0 Å². The zero-order valence-electron chi connectivity index (χ0n) is 12.0. The van der Waals surface area contributed by atoms with Crippen molar-refractivity contribution < 1.29 is 9.53 Å². The first kappa shape index (κ1) is 13.8. The van der Waals surface area contributed by atoms with Crippen LogP contribution in [0.15, 0.2) is 70.7 Å². The van der Waals surface area contributed by atoms with Crippen LogP contribution in [0, 0.1) is 0 Å². The summed E-state index contributed by atoms with van der Waals surface area (Å²) in [5.74, 6) is 0.157. The summed E-state index contributed by atoms with van der Waals surface area (Å²) in [5.41, 5.74) is 1.54. The van der Waals surface area contributed by atoms with Crippen LogP contribution in [-0.4, -0.2) is 12.2 Å². The molecule has 3 aromatic carbocycles. The Kier molecular flexibility index (Phi) is 3.48. The summed E-state index contributed by atoms with van der Waals surface area (Å²) in [6, 6.07) is 19.0. The van der Waals surface area contributed by atoms with Crippen molar-refractivity contribution in [2.24, 2.45) is 5.10 Å². The summed E-state index contributed by atoms with van der Waals surface area (Å²) in [4.78, 5) is 16.1. The van der Waals surface area contributed by atoms with E-state index >= 15 is 0 Å². The Balaban J connectivity index is 1.60. The first-order valence-electron chi connectivity index (χ1n) is 7.09. The van der Waals surface area contributed by atoms with Gasteiger partial charge in [0.1, 0.15) is 5.75 Å². The van der Waals surface area contributed by atoms with Gasteiger partial charge in [0, 0.05) is 22.4 Å². The van der Waals surface area contributed by atoms with E-state index < -0.39 is 0 Å². The van der Waals surface area contributed by atoms with Crippen LogP contribution < -0.4 is 9.57 Å². The number of carbonyl (C=O) groups excluding carboxylic acids is 1. The van der Waals surface area contributed by atoms with Crippen molar-refractivity contribution in [2.45, 2.75) is 4.90 Å². The van der Waals surface area contributed by atoms with Gasteiger partial charge in [0.2, 0.25) is 0 Å². The van der Waals surface area contributed by atoms with Crippen molar-refractivity contribution in [2.75, 3.05) is 0 Å². The molecule has 0 atom stereocenters. The second-order valence-electron chi connectivity index (χ2n) is 5.10. The lowest BCUT2D eigenvalue weighted by atomic mass is 10.1. The first-order valence-corrected chi connectivity index (χ1v) is 7.91. The molecule has 1 aliphatic heterocycles. The number of benzene rings is 3. The molecule has 5 heteroatoms. The lowest BCUT2D eigenvalue weighted by Gasteiger charge is -2.11. The summed E-state index contributed by atoms with van der Waals surface area (Å²) in [6.07, 6.45) is 1.74. The number of rotatable bonds is 2. The van der Waals surface area contributed by atoms with Crippen molar-refractivity contribution in [1.82, 2.24) is 4.83 Å². The number of nitrogens with zero attached hydrogens (tertiary/aromatic N) is 1. The fraction of sp³-hybridized carbons (Fsp3) is 0. The lowest BCUT2D eigenvalue weighted by molar-refractivity contribution is 0.0734. The Morgan fingerprint density at radius 2 is 1.87 bits per heavy atom. The zero-order chi connectivity index (χ0) is 15.6. The van der Waals surface area contributed by atoms with Crippen LogP contribution in [0.3, 0.4) is 0 Å². The number of hydrogen-bond acceptors (Lipinski definition) is 5. The van der Waals surface area contributed by atoms with Crippen LogP contribution in [0.5, 0.6) is 5.75 Å². The lowest BCUT2D eigenvalue weighted by Crippen LogP contribution is -2.09. The van der Waals surface area contributed by atoms with E-state index in [0.29, 0.717) is 11.3 Å². The van der Waals surface area contributed by atoms with Crippen molar-refractivity contribution in [3.8, 4) is 5.75 Å². The number of esters is 1. The van der Waals surface area contributed by atoms with E-state index in [1.807, 2.05) is 48.5 Å². The molecule has 1 heterocycles. The van der Waals surface area contributed by atoms with E-state index in [9.17, 15) is 4.79 Å². The van der Waals surface area contributed by atoms with Gasteiger partial charge in [-0.3, -0.25) is 0 Å². The third kappa shape index (κ3) is 2.78. The number of fused-ring (bicyclic) bond motifs is 2. The third-order valence-electron chi connectivity index (χ3n) is 3.59. The Bertz CT molecular complexity index is 937. The molecule has 0 saturated carbocycles. The minimum atomic E-state index is -0.363. The predicted octanol–water partition coefficient (Wildman–Crippen LogP) is 4.00. The molecule has 0 aliphatic carbocycles. The zero-order valence-corrected chi connectivity index (χ0v) is 12.8. The fourth-order valence-electron chi connectivity index (χ4n) is 2.43. The van der Waals surface area contributed by atoms with Crippen molar-refractivity contribution in [3.05, 3.63) is 71.8 Å². The third-order valence-corrected chi connectivity index (χ3v) is 4.36. The van der Waals surface area contributed by atoms with E-state index in [1.165, 1.54) is 11.9 Å². The maximum atomic E-state index is 12.4. The molecule has 0 fully saturated rings. The van der Waals surface area contributed by atoms with Gasteiger partial charge in [-0.15, -0.1) is 0 Å². The Morgan fingerprint density at radius 1 is 1.00 bits per heavy atom. The van der Waals surface area contributed by atoms with E-state index in [1.54, 1.807) is 18.3 Å². The van der Waals surface area contributed by atoms with Crippen LogP contribution >= 0.6 is 11.9 Å². The predicted molar refractivity (Wildman–Crippen MR) is 91.9 cm³/mol. The highest BCUT2D eigenvalue weighted by Crippen LogP contribution is 2.27. The fourth-order valence-corrected chi connectivity index (χ4v) is 3.04. The number of nitrogens with one attached hydrogen (secondary N) is 1. The summed E-state index contributed by atoms with van der Waals surface area (Å²) < 4.78 is 5.49. The Labute approximate surface area is 137 Å². The molecule has 0 aromatic heterocycles.